The number of fused-ring (bicyclic) bond motifs is 1. The van der Waals surface area contributed by atoms with Gasteiger partial charge in [-0.25, -0.2) is 4.79 Å². The average molecular weight is 386 g/mol. The molecule has 28 heavy (non-hydrogen) atoms. The summed E-state index contributed by atoms with van der Waals surface area (Å²) in [6.07, 6.45) is -5.00. The molecule has 0 amide bonds. The minimum atomic E-state index is -1.20. The van der Waals surface area contributed by atoms with Gasteiger partial charge in [-0.05, 0) is 12.1 Å². The molecule has 2 aromatic carbocycles. The summed E-state index contributed by atoms with van der Waals surface area (Å²) in [6.45, 7) is 0.218. The molecule has 2 aliphatic heterocycles. The second-order valence-corrected chi connectivity index (χ2v) is 6.68. The molecule has 0 radical (unpaired) electrons. The second kappa shape index (κ2) is 8.38. The van der Waals surface area contributed by atoms with Crippen LogP contribution < -0.4 is 0 Å². The number of methoxy groups -OCH3 is 1. The van der Waals surface area contributed by atoms with E-state index < -0.39 is 43.0 Å². The number of esters is 1. The fourth-order valence-corrected chi connectivity index (χ4v) is 3.44. The zero-order valence-electron chi connectivity index (χ0n) is 15.3. The molecule has 0 spiro atoms. The van der Waals surface area contributed by atoms with E-state index in [0.717, 1.165) is 5.56 Å². The van der Waals surface area contributed by atoms with Crippen LogP contribution in [-0.4, -0.2) is 55.5 Å². The Morgan fingerprint density at radius 3 is 2.39 bits per heavy atom. The number of hydrogen-bond acceptors (Lipinski definition) is 7. The number of carbonyl (C=O) groups excluding carboxylic acids is 1. The van der Waals surface area contributed by atoms with Crippen molar-refractivity contribution in [1.82, 2.24) is 0 Å². The first-order valence-corrected chi connectivity index (χ1v) is 9.11. The molecule has 6 atom stereocenters. The van der Waals surface area contributed by atoms with Crippen LogP contribution in [0.25, 0.3) is 0 Å². The van der Waals surface area contributed by atoms with Crippen molar-refractivity contribution in [3.8, 4) is 0 Å². The van der Waals surface area contributed by atoms with Gasteiger partial charge in [0.05, 0.1) is 12.2 Å². The highest BCUT2D eigenvalue weighted by Crippen LogP contribution is 2.35. The van der Waals surface area contributed by atoms with Gasteiger partial charge in [0.15, 0.2) is 18.7 Å². The maximum Gasteiger partial charge on any atom is 0.338 e. The van der Waals surface area contributed by atoms with Gasteiger partial charge in [-0.2, -0.15) is 0 Å². The maximum absolute atomic E-state index is 12.6. The van der Waals surface area contributed by atoms with Crippen molar-refractivity contribution in [2.45, 2.75) is 37.0 Å². The van der Waals surface area contributed by atoms with Crippen LogP contribution in [0.4, 0.5) is 0 Å². The Kier molecular flexibility index (Phi) is 5.70. The first-order chi connectivity index (χ1) is 13.7. The van der Waals surface area contributed by atoms with Crippen LogP contribution in [0.15, 0.2) is 60.7 Å². The molecule has 7 heteroatoms. The molecular weight excluding hydrogens is 364 g/mol. The number of rotatable bonds is 4. The number of hydrogen-bond donors (Lipinski definition) is 1. The number of carbonyl (C=O) groups is 1. The summed E-state index contributed by atoms with van der Waals surface area (Å²) in [6, 6.07) is 18.0. The van der Waals surface area contributed by atoms with Crippen LogP contribution in [0.2, 0.25) is 0 Å². The molecule has 148 valence electrons. The lowest BCUT2D eigenvalue weighted by atomic mass is 9.97. The van der Waals surface area contributed by atoms with Gasteiger partial charge in [-0.3, -0.25) is 0 Å². The third kappa shape index (κ3) is 3.80. The molecule has 1 N–H and O–H groups in total. The summed E-state index contributed by atoms with van der Waals surface area (Å²) < 4.78 is 28.4. The molecule has 2 aromatic rings. The molecule has 0 bridgehead atoms. The largest absolute Gasteiger partial charge is 0.453 e. The van der Waals surface area contributed by atoms with Crippen molar-refractivity contribution in [2.24, 2.45) is 0 Å². The number of aliphatic hydroxyl groups is 1. The molecule has 0 aliphatic carbocycles. The Morgan fingerprint density at radius 2 is 1.71 bits per heavy atom. The van der Waals surface area contributed by atoms with E-state index in [-0.39, 0.29) is 6.61 Å². The normalized spacial score (nSPS) is 32.4. The van der Waals surface area contributed by atoms with Gasteiger partial charge in [0.1, 0.15) is 18.3 Å². The monoisotopic (exact) mass is 386 g/mol. The zero-order valence-corrected chi connectivity index (χ0v) is 15.3. The van der Waals surface area contributed by atoms with Crippen molar-refractivity contribution in [2.75, 3.05) is 13.7 Å². The van der Waals surface area contributed by atoms with E-state index in [9.17, 15) is 9.90 Å². The van der Waals surface area contributed by atoms with E-state index in [0.29, 0.717) is 5.56 Å². The molecule has 2 fully saturated rings. The van der Waals surface area contributed by atoms with Crippen molar-refractivity contribution in [1.29, 1.82) is 0 Å². The van der Waals surface area contributed by atoms with Gasteiger partial charge < -0.3 is 28.8 Å². The van der Waals surface area contributed by atoms with E-state index in [1.54, 1.807) is 24.3 Å². The summed E-state index contributed by atoms with van der Waals surface area (Å²) in [5.41, 5.74) is 1.22. The Morgan fingerprint density at radius 1 is 1.04 bits per heavy atom. The summed E-state index contributed by atoms with van der Waals surface area (Å²) in [4.78, 5) is 12.6. The minimum absolute atomic E-state index is 0.218. The molecule has 7 nitrogen and oxygen atoms in total. The standard InChI is InChI=1S/C21H22O7/c1-24-21-16(22)18(27-19(23)13-8-4-2-5-9-13)17-15(26-21)12-25-20(28-17)14-10-6-3-7-11-14/h2-11,15-18,20-22H,12H2,1H3. The van der Waals surface area contributed by atoms with Gasteiger partial charge in [-0.1, -0.05) is 48.5 Å². The van der Waals surface area contributed by atoms with E-state index in [4.69, 9.17) is 23.7 Å². The lowest BCUT2D eigenvalue weighted by Gasteiger charge is -2.47. The molecule has 6 unspecified atom stereocenters. The first-order valence-electron chi connectivity index (χ1n) is 9.11. The van der Waals surface area contributed by atoms with Crippen LogP contribution in [0.1, 0.15) is 22.2 Å². The maximum atomic E-state index is 12.6. The predicted octanol–water partition coefficient (Wildman–Crippen LogP) is 2.06. The lowest BCUT2D eigenvalue weighted by molar-refractivity contribution is -0.357. The van der Waals surface area contributed by atoms with Gasteiger partial charge in [0.25, 0.3) is 0 Å². The van der Waals surface area contributed by atoms with Crippen LogP contribution in [0.5, 0.6) is 0 Å². The van der Waals surface area contributed by atoms with Gasteiger partial charge in [0, 0.05) is 12.7 Å². The number of ether oxygens (including phenoxy) is 5. The smallest absolute Gasteiger partial charge is 0.338 e. The van der Waals surface area contributed by atoms with Crippen LogP contribution in [-0.2, 0) is 23.7 Å². The number of benzene rings is 2. The van der Waals surface area contributed by atoms with Crippen molar-refractivity contribution in [3.63, 3.8) is 0 Å². The average Bonchev–Trinajstić information content (AvgIpc) is 2.76. The van der Waals surface area contributed by atoms with Crippen LogP contribution in [0, 0.1) is 0 Å². The topological polar surface area (TPSA) is 83.5 Å². The van der Waals surface area contributed by atoms with E-state index in [2.05, 4.69) is 0 Å². The van der Waals surface area contributed by atoms with Crippen LogP contribution in [0.3, 0.4) is 0 Å². The molecule has 2 saturated heterocycles. The number of aliphatic hydroxyl groups excluding tert-OH is 1. The summed E-state index contributed by atoms with van der Waals surface area (Å²) in [7, 11) is 1.42. The fraction of sp³-hybridized carbons (Fsp3) is 0.381. The third-order valence-corrected chi connectivity index (χ3v) is 4.86. The quantitative estimate of drug-likeness (QED) is 0.806. The van der Waals surface area contributed by atoms with Gasteiger partial charge >= 0.3 is 5.97 Å². The Balaban J connectivity index is 1.56. The van der Waals surface area contributed by atoms with Crippen molar-refractivity contribution >= 4 is 5.97 Å². The highest BCUT2D eigenvalue weighted by atomic mass is 16.8. The molecular formula is C21H22O7. The highest BCUT2D eigenvalue weighted by Gasteiger charge is 2.51. The zero-order chi connectivity index (χ0) is 19.5. The molecule has 4 rings (SSSR count). The van der Waals surface area contributed by atoms with E-state index in [1.165, 1.54) is 7.11 Å². The lowest BCUT2D eigenvalue weighted by Crippen LogP contribution is -2.63. The molecule has 2 heterocycles. The molecule has 2 aliphatic rings. The highest BCUT2D eigenvalue weighted by molar-refractivity contribution is 5.89. The van der Waals surface area contributed by atoms with E-state index >= 15 is 0 Å². The van der Waals surface area contributed by atoms with Crippen molar-refractivity contribution in [3.05, 3.63) is 71.8 Å². The SMILES string of the molecule is COC1OC2COC(c3ccccc3)OC2C(OC(=O)c2ccccc2)C1O. The first kappa shape index (κ1) is 19.0. The fourth-order valence-electron chi connectivity index (χ4n) is 3.44. The summed E-state index contributed by atoms with van der Waals surface area (Å²) in [5, 5.41) is 10.7. The summed E-state index contributed by atoms with van der Waals surface area (Å²) >= 11 is 0. The van der Waals surface area contributed by atoms with Gasteiger partial charge in [0.2, 0.25) is 0 Å². The Hall–Kier alpha value is -2.29. The van der Waals surface area contributed by atoms with E-state index in [1.807, 2.05) is 36.4 Å². The second-order valence-electron chi connectivity index (χ2n) is 6.68. The predicted molar refractivity (Wildman–Crippen MR) is 97.3 cm³/mol. The Labute approximate surface area is 162 Å². The molecule has 0 aromatic heterocycles. The Bertz CT molecular complexity index is 782. The summed E-state index contributed by atoms with van der Waals surface area (Å²) in [5.74, 6) is -0.550. The molecule has 0 saturated carbocycles. The van der Waals surface area contributed by atoms with Crippen molar-refractivity contribution < 1.29 is 33.6 Å². The minimum Gasteiger partial charge on any atom is -0.453 e. The van der Waals surface area contributed by atoms with Crippen LogP contribution >= 0.6 is 0 Å². The third-order valence-electron chi connectivity index (χ3n) is 4.86. The van der Waals surface area contributed by atoms with Gasteiger partial charge in [-0.15, -0.1) is 0 Å².